The molecule has 0 spiro atoms. The average molecular weight is 423 g/mol. The number of amides is 1. The molecule has 1 N–H and O–H groups in total. The van der Waals surface area contributed by atoms with Crippen LogP contribution in [0.4, 0.5) is 5.69 Å². The topological polar surface area (TPSA) is 103 Å². The van der Waals surface area contributed by atoms with Gasteiger partial charge in [0.2, 0.25) is 5.91 Å². The Bertz CT molecular complexity index is 1080. The van der Waals surface area contributed by atoms with E-state index in [1.807, 2.05) is 16.7 Å². The van der Waals surface area contributed by atoms with Gasteiger partial charge in [-0.15, -0.1) is 10.2 Å². The summed E-state index contributed by atoms with van der Waals surface area (Å²) >= 11 is 1.54. The molecule has 8 nitrogen and oxygen atoms in total. The number of carbonyl (C=O) groups excluding carboxylic acids is 1. The number of carbonyl (C=O) groups is 1. The molecule has 1 fully saturated rings. The summed E-state index contributed by atoms with van der Waals surface area (Å²) < 4.78 is 1.85. The Kier molecular flexibility index (Phi) is 5.80. The van der Waals surface area contributed by atoms with Gasteiger partial charge in [-0.3, -0.25) is 19.5 Å². The van der Waals surface area contributed by atoms with E-state index < -0.39 is 4.92 Å². The van der Waals surface area contributed by atoms with Crippen LogP contribution in [0.25, 0.3) is 5.69 Å². The Hall–Kier alpha value is -3.20. The van der Waals surface area contributed by atoms with E-state index in [2.05, 4.69) is 34.6 Å². The maximum atomic E-state index is 12.1. The summed E-state index contributed by atoms with van der Waals surface area (Å²) in [5, 5.41) is 23.2. The number of benzene rings is 2. The maximum absolute atomic E-state index is 12.1. The largest absolute Gasteiger partial charge is 0.349 e. The van der Waals surface area contributed by atoms with Crippen LogP contribution < -0.4 is 5.32 Å². The molecule has 0 aliphatic heterocycles. The van der Waals surface area contributed by atoms with E-state index in [1.54, 1.807) is 12.1 Å². The molecule has 154 valence electrons. The number of nitro groups is 1. The molecule has 0 bridgehead atoms. The number of hydrogen-bond acceptors (Lipinski definition) is 6. The van der Waals surface area contributed by atoms with E-state index in [1.165, 1.54) is 35.0 Å². The van der Waals surface area contributed by atoms with Crippen molar-refractivity contribution in [2.45, 2.75) is 37.2 Å². The van der Waals surface area contributed by atoms with E-state index >= 15 is 0 Å². The lowest BCUT2D eigenvalue weighted by Gasteiger charge is -2.11. The lowest BCUT2D eigenvalue weighted by atomic mass is 10.1. The summed E-state index contributed by atoms with van der Waals surface area (Å²) in [5.41, 5.74) is 3.13. The second-order valence-electron chi connectivity index (χ2n) is 7.21. The Morgan fingerprint density at radius 2 is 1.93 bits per heavy atom. The minimum Gasteiger partial charge on any atom is -0.349 e. The molecule has 1 aromatic heterocycles. The monoisotopic (exact) mass is 423 g/mol. The van der Waals surface area contributed by atoms with E-state index in [4.69, 9.17) is 0 Å². The van der Waals surface area contributed by atoms with Gasteiger partial charge in [0.05, 0.1) is 11.5 Å². The van der Waals surface area contributed by atoms with Gasteiger partial charge in [0, 0.05) is 29.5 Å². The van der Waals surface area contributed by atoms with Crippen molar-refractivity contribution in [2.24, 2.45) is 5.92 Å². The van der Waals surface area contributed by atoms with Gasteiger partial charge in [0.1, 0.15) is 0 Å². The average Bonchev–Trinajstić information content (AvgIpc) is 3.52. The van der Waals surface area contributed by atoms with Crippen LogP contribution in [-0.4, -0.2) is 25.6 Å². The zero-order valence-corrected chi connectivity index (χ0v) is 17.3. The fourth-order valence-corrected chi connectivity index (χ4v) is 4.11. The molecular formula is C21H21N5O3S. The third-order valence-corrected chi connectivity index (χ3v) is 5.98. The first kappa shape index (κ1) is 20.1. The minimum absolute atomic E-state index is 0.0181. The molecule has 0 unspecified atom stereocenters. The number of nitrogens with one attached hydrogen (secondary N) is 1. The van der Waals surface area contributed by atoms with Crippen LogP contribution >= 0.6 is 11.8 Å². The molecule has 2 aromatic carbocycles. The predicted molar refractivity (Wildman–Crippen MR) is 113 cm³/mol. The molecule has 0 radical (unpaired) electrons. The molecule has 9 heteroatoms. The smallest absolute Gasteiger partial charge is 0.269 e. The first-order valence-electron chi connectivity index (χ1n) is 9.67. The second-order valence-corrected chi connectivity index (χ2v) is 8.16. The fourth-order valence-electron chi connectivity index (χ4n) is 3.06. The van der Waals surface area contributed by atoms with Gasteiger partial charge >= 0.3 is 0 Å². The zero-order chi connectivity index (χ0) is 21.1. The summed E-state index contributed by atoms with van der Waals surface area (Å²) in [6.07, 6.45) is 1.86. The SMILES string of the molecule is Cc1ccccc1CSc1nnc(CNC(=O)C2CC2)n1-c1ccc([N+](=O)[O-])cc1. The number of rotatable bonds is 8. The summed E-state index contributed by atoms with van der Waals surface area (Å²) in [6, 6.07) is 14.4. The van der Waals surface area contributed by atoms with E-state index in [-0.39, 0.29) is 24.1 Å². The molecule has 3 aromatic rings. The summed E-state index contributed by atoms with van der Waals surface area (Å²) in [4.78, 5) is 22.6. The lowest BCUT2D eigenvalue weighted by molar-refractivity contribution is -0.384. The van der Waals surface area contributed by atoms with Crippen LogP contribution in [0, 0.1) is 23.0 Å². The van der Waals surface area contributed by atoms with Gasteiger partial charge < -0.3 is 5.32 Å². The Labute approximate surface area is 177 Å². The molecule has 0 atom stereocenters. The van der Waals surface area contributed by atoms with Crippen LogP contribution in [0.3, 0.4) is 0 Å². The number of nitrogens with zero attached hydrogens (tertiary/aromatic N) is 4. The number of non-ortho nitro benzene ring substituents is 1. The number of nitro benzene ring substituents is 1. The minimum atomic E-state index is -0.430. The van der Waals surface area contributed by atoms with Crippen molar-refractivity contribution < 1.29 is 9.72 Å². The van der Waals surface area contributed by atoms with Crippen LogP contribution in [0.2, 0.25) is 0 Å². The number of hydrogen-bond donors (Lipinski definition) is 1. The van der Waals surface area contributed by atoms with Crippen LogP contribution in [-0.2, 0) is 17.1 Å². The van der Waals surface area contributed by atoms with Gasteiger partial charge in [-0.25, -0.2) is 0 Å². The van der Waals surface area contributed by atoms with Crippen molar-refractivity contribution >= 4 is 23.4 Å². The highest BCUT2D eigenvalue weighted by atomic mass is 32.2. The Balaban J connectivity index is 1.60. The summed E-state index contributed by atoms with van der Waals surface area (Å²) in [7, 11) is 0. The first-order chi connectivity index (χ1) is 14.5. The molecule has 4 rings (SSSR count). The normalized spacial score (nSPS) is 13.2. The standard InChI is InChI=1S/C21H21N5O3S/c1-14-4-2-3-5-16(14)13-30-21-24-23-19(12-22-20(27)15-6-7-15)25(21)17-8-10-18(11-9-17)26(28)29/h2-5,8-11,15H,6-7,12-13H2,1H3,(H,22,27). The first-order valence-corrected chi connectivity index (χ1v) is 10.7. The molecule has 0 saturated heterocycles. The van der Waals surface area contributed by atoms with E-state index in [9.17, 15) is 14.9 Å². The molecule has 1 aliphatic rings. The predicted octanol–water partition coefficient (Wildman–Crippen LogP) is 3.80. The molecule has 1 saturated carbocycles. The number of aromatic nitrogens is 3. The van der Waals surface area contributed by atoms with Crippen molar-refractivity contribution in [2.75, 3.05) is 0 Å². The molecule has 1 heterocycles. The maximum Gasteiger partial charge on any atom is 0.269 e. The number of aryl methyl sites for hydroxylation is 1. The number of thioether (sulfide) groups is 1. The fraction of sp³-hybridized carbons (Fsp3) is 0.286. The van der Waals surface area contributed by atoms with E-state index in [0.29, 0.717) is 22.4 Å². The van der Waals surface area contributed by atoms with Crippen molar-refractivity contribution in [3.8, 4) is 5.69 Å². The molecule has 1 amide bonds. The van der Waals surface area contributed by atoms with Crippen molar-refractivity contribution in [3.63, 3.8) is 0 Å². The second kappa shape index (κ2) is 8.66. The highest BCUT2D eigenvalue weighted by Gasteiger charge is 2.29. The molecular weight excluding hydrogens is 402 g/mol. The van der Waals surface area contributed by atoms with Gasteiger partial charge in [-0.1, -0.05) is 36.0 Å². The van der Waals surface area contributed by atoms with Crippen LogP contribution in [0.1, 0.15) is 29.8 Å². The quantitative estimate of drug-likeness (QED) is 0.336. The third kappa shape index (κ3) is 4.51. The molecule has 1 aliphatic carbocycles. The third-order valence-electron chi connectivity index (χ3n) is 5.01. The molecule has 30 heavy (non-hydrogen) atoms. The van der Waals surface area contributed by atoms with Gasteiger partial charge in [0.15, 0.2) is 11.0 Å². The van der Waals surface area contributed by atoms with E-state index in [0.717, 1.165) is 12.8 Å². The zero-order valence-electron chi connectivity index (χ0n) is 16.4. The Morgan fingerprint density at radius 3 is 2.60 bits per heavy atom. The van der Waals surface area contributed by atoms with Crippen LogP contribution in [0.15, 0.2) is 53.7 Å². The van der Waals surface area contributed by atoms with Gasteiger partial charge in [-0.2, -0.15) is 0 Å². The van der Waals surface area contributed by atoms with Gasteiger partial charge in [-0.05, 0) is 43.0 Å². The van der Waals surface area contributed by atoms with Crippen molar-refractivity contribution in [1.82, 2.24) is 20.1 Å². The summed E-state index contributed by atoms with van der Waals surface area (Å²) in [5.74, 6) is 1.44. The van der Waals surface area contributed by atoms with Crippen molar-refractivity contribution in [1.29, 1.82) is 0 Å². The van der Waals surface area contributed by atoms with Gasteiger partial charge in [0.25, 0.3) is 5.69 Å². The van der Waals surface area contributed by atoms with Crippen LogP contribution in [0.5, 0.6) is 0 Å². The highest BCUT2D eigenvalue weighted by Crippen LogP contribution is 2.30. The lowest BCUT2D eigenvalue weighted by Crippen LogP contribution is -2.25. The Morgan fingerprint density at radius 1 is 1.20 bits per heavy atom. The highest BCUT2D eigenvalue weighted by molar-refractivity contribution is 7.98. The summed E-state index contributed by atoms with van der Waals surface area (Å²) in [6.45, 7) is 2.32. The van der Waals surface area contributed by atoms with Crippen molar-refractivity contribution in [3.05, 3.63) is 75.6 Å².